The monoisotopic (exact) mass is 203 g/mol. The van der Waals surface area contributed by atoms with Crippen molar-refractivity contribution in [2.45, 2.75) is 52.2 Å². The molecule has 0 radical (unpaired) electrons. The van der Waals surface area contributed by atoms with Crippen LogP contribution in [-0.2, 0) is 4.74 Å². The Bertz CT molecular complexity index is 146. The Morgan fingerprint density at radius 3 is 2.36 bits per heavy atom. The Labute approximate surface area is 87.6 Å². The van der Waals surface area contributed by atoms with E-state index in [0.717, 1.165) is 6.42 Å². The minimum atomic E-state index is -0.732. The van der Waals surface area contributed by atoms with E-state index in [2.05, 4.69) is 20.8 Å². The molecule has 0 aromatic carbocycles. The summed E-state index contributed by atoms with van der Waals surface area (Å²) in [5.41, 5.74) is 4.67. The van der Waals surface area contributed by atoms with Crippen LogP contribution < -0.4 is 5.73 Å². The molecule has 0 aliphatic heterocycles. The van der Waals surface area contributed by atoms with Gasteiger partial charge in [0.1, 0.15) is 0 Å². The van der Waals surface area contributed by atoms with E-state index in [9.17, 15) is 5.11 Å². The molecule has 0 rings (SSSR count). The highest BCUT2D eigenvalue weighted by Gasteiger charge is 2.17. The van der Waals surface area contributed by atoms with E-state index in [0.29, 0.717) is 25.5 Å². The standard InChI is InChI=1S/C11H25NO2/c1-9(2)10(3)14-7-5-6-11(4,13)8-12/h9-10,13H,5-8,12H2,1-4H3. The molecule has 0 bridgehead atoms. The lowest BCUT2D eigenvalue weighted by atomic mass is 10.0. The van der Waals surface area contributed by atoms with Crippen molar-refractivity contribution in [3.63, 3.8) is 0 Å². The predicted molar refractivity (Wildman–Crippen MR) is 59.2 cm³/mol. The molecular weight excluding hydrogens is 178 g/mol. The summed E-state index contributed by atoms with van der Waals surface area (Å²) in [5, 5.41) is 9.62. The van der Waals surface area contributed by atoms with E-state index in [1.165, 1.54) is 0 Å². The molecule has 0 fully saturated rings. The largest absolute Gasteiger partial charge is 0.389 e. The van der Waals surface area contributed by atoms with Gasteiger partial charge < -0.3 is 15.6 Å². The van der Waals surface area contributed by atoms with Crippen molar-refractivity contribution in [1.29, 1.82) is 0 Å². The van der Waals surface area contributed by atoms with Gasteiger partial charge in [-0.15, -0.1) is 0 Å². The topological polar surface area (TPSA) is 55.5 Å². The second-order valence-electron chi connectivity index (χ2n) is 4.62. The Morgan fingerprint density at radius 1 is 1.36 bits per heavy atom. The van der Waals surface area contributed by atoms with Crippen LogP contribution in [0.5, 0.6) is 0 Å². The molecule has 3 nitrogen and oxygen atoms in total. The summed E-state index contributed by atoms with van der Waals surface area (Å²) in [6.07, 6.45) is 1.85. The third-order valence-corrected chi connectivity index (χ3v) is 2.62. The maximum Gasteiger partial charge on any atom is 0.0742 e. The van der Waals surface area contributed by atoms with Gasteiger partial charge in [-0.05, 0) is 32.6 Å². The molecule has 0 aliphatic carbocycles. The summed E-state index contributed by atoms with van der Waals surface area (Å²) in [5.74, 6) is 0.546. The van der Waals surface area contributed by atoms with Gasteiger partial charge in [0, 0.05) is 13.2 Å². The fourth-order valence-electron chi connectivity index (χ4n) is 1.02. The Balaban J connectivity index is 3.47. The molecule has 0 saturated heterocycles. The summed E-state index contributed by atoms with van der Waals surface area (Å²) < 4.78 is 5.59. The molecule has 0 aromatic rings. The summed E-state index contributed by atoms with van der Waals surface area (Å²) in [6.45, 7) is 9.13. The van der Waals surface area contributed by atoms with Crippen molar-refractivity contribution >= 4 is 0 Å². The van der Waals surface area contributed by atoms with Gasteiger partial charge in [0.15, 0.2) is 0 Å². The molecule has 0 spiro atoms. The number of hydrogen-bond donors (Lipinski definition) is 2. The van der Waals surface area contributed by atoms with Crippen LogP contribution in [0.4, 0.5) is 0 Å². The number of hydrogen-bond acceptors (Lipinski definition) is 3. The summed E-state index contributed by atoms with van der Waals surface area (Å²) in [6, 6.07) is 0. The van der Waals surface area contributed by atoms with Crippen molar-refractivity contribution in [2.75, 3.05) is 13.2 Å². The predicted octanol–water partition coefficient (Wildman–Crippen LogP) is 1.54. The molecule has 0 saturated carbocycles. The highest BCUT2D eigenvalue weighted by Crippen LogP contribution is 2.11. The van der Waals surface area contributed by atoms with Crippen LogP contribution in [0.3, 0.4) is 0 Å². The lowest BCUT2D eigenvalue weighted by Crippen LogP contribution is -2.34. The van der Waals surface area contributed by atoms with E-state index < -0.39 is 5.60 Å². The van der Waals surface area contributed by atoms with Gasteiger partial charge in [-0.25, -0.2) is 0 Å². The van der Waals surface area contributed by atoms with Crippen LogP contribution in [0.25, 0.3) is 0 Å². The molecule has 0 aromatic heterocycles. The van der Waals surface area contributed by atoms with Crippen LogP contribution in [0.15, 0.2) is 0 Å². The lowest BCUT2D eigenvalue weighted by molar-refractivity contribution is 0.0115. The van der Waals surface area contributed by atoms with E-state index in [1.807, 2.05) is 0 Å². The third kappa shape index (κ3) is 6.35. The zero-order valence-corrected chi connectivity index (χ0v) is 9.92. The lowest BCUT2D eigenvalue weighted by Gasteiger charge is -2.22. The quantitative estimate of drug-likeness (QED) is 0.617. The SMILES string of the molecule is CC(C)C(C)OCCCC(C)(O)CN. The molecule has 14 heavy (non-hydrogen) atoms. The first-order valence-corrected chi connectivity index (χ1v) is 5.43. The van der Waals surface area contributed by atoms with Crippen LogP contribution in [0.1, 0.15) is 40.5 Å². The first kappa shape index (κ1) is 13.9. The summed E-state index contributed by atoms with van der Waals surface area (Å²) in [7, 11) is 0. The number of ether oxygens (including phenoxy) is 1. The summed E-state index contributed by atoms with van der Waals surface area (Å²) in [4.78, 5) is 0. The van der Waals surface area contributed by atoms with Crippen LogP contribution >= 0.6 is 0 Å². The minimum absolute atomic E-state index is 0.290. The Morgan fingerprint density at radius 2 is 1.93 bits per heavy atom. The molecular formula is C11H25NO2. The molecule has 3 heteroatoms. The van der Waals surface area contributed by atoms with Gasteiger partial charge >= 0.3 is 0 Å². The highest BCUT2D eigenvalue weighted by molar-refractivity contribution is 4.72. The maximum atomic E-state index is 9.62. The minimum Gasteiger partial charge on any atom is -0.389 e. The maximum absolute atomic E-state index is 9.62. The van der Waals surface area contributed by atoms with Gasteiger partial charge in [0.05, 0.1) is 11.7 Å². The van der Waals surface area contributed by atoms with Gasteiger partial charge in [0.2, 0.25) is 0 Å². The van der Waals surface area contributed by atoms with Crippen molar-refractivity contribution < 1.29 is 9.84 Å². The molecule has 0 amide bonds. The van der Waals surface area contributed by atoms with Gasteiger partial charge in [-0.3, -0.25) is 0 Å². The van der Waals surface area contributed by atoms with Crippen LogP contribution in [0.2, 0.25) is 0 Å². The van der Waals surface area contributed by atoms with Crippen LogP contribution in [0, 0.1) is 5.92 Å². The molecule has 86 valence electrons. The van der Waals surface area contributed by atoms with Gasteiger partial charge in [0.25, 0.3) is 0 Å². The van der Waals surface area contributed by atoms with Gasteiger partial charge in [-0.2, -0.15) is 0 Å². The first-order valence-electron chi connectivity index (χ1n) is 5.43. The van der Waals surface area contributed by atoms with E-state index >= 15 is 0 Å². The van der Waals surface area contributed by atoms with E-state index in [4.69, 9.17) is 10.5 Å². The molecule has 0 heterocycles. The molecule has 2 unspecified atom stereocenters. The van der Waals surface area contributed by atoms with Crippen molar-refractivity contribution in [3.8, 4) is 0 Å². The fourth-order valence-corrected chi connectivity index (χ4v) is 1.02. The van der Waals surface area contributed by atoms with Crippen molar-refractivity contribution in [1.82, 2.24) is 0 Å². The van der Waals surface area contributed by atoms with Gasteiger partial charge in [-0.1, -0.05) is 13.8 Å². The molecule has 0 aliphatic rings. The average Bonchev–Trinajstić information content (AvgIpc) is 2.12. The zero-order chi connectivity index (χ0) is 11.2. The number of nitrogens with two attached hydrogens (primary N) is 1. The second kappa shape index (κ2) is 6.38. The summed E-state index contributed by atoms with van der Waals surface area (Å²) >= 11 is 0. The van der Waals surface area contributed by atoms with Crippen LogP contribution in [-0.4, -0.2) is 30.0 Å². The average molecular weight is 203 g/mol. The zero-order valence-electron chi connectivity index (χ0n) is 9.92. The fraction of sp³-hybridized carbons (Fsp3) is 1.00. The third-order valence-electron chi connectivity index (χ3n) is 2.62. The number of rotatable bonds is 7. The van der Waals surface area contributed by atoms with E-state index in [-0.39, 0.29) is 6.10 Å². The molecule has 3 N–H and O–H groups in total. The Hall–Kier alpha value is -0.120. The number of aliphatic hydroxyl groups is 1. The van der Waals surface area contributed by atoms with Crippen molar-refractivity contribution in [2.24, 2.45) is 11.7 Å². The second-order valence-corrected chi connectivity index (χ2v) is 4.62. The van der Waals surface area contributed by atoms with E-state index in [1.54, 1.807) is 6.92 Å². The Kier molecular flexibility index (Phi) is 6.33. The first-order chi connectivity index (χ1) is 6.39. The smallest absolute Gasteiger partial charge is 0.0742 e. The normalized spacial score (nSPS) is 18.2. The highest BCUT2D eigenvalue weighted by atomic mass is 16.5. The molecule has 2 atom stereocenters. The van der Waals surface area contributed by atoms with Crippen molar-refractivity contribution in [3.05, 3.63) is 0 Å².